The summed E-state index contributed by atoms with van der Waals surface area (Å²) in [7, 11) is 0. The molecule has 23 heavy (non-hydrogen) atoms. The number of hydrogen-bond acceptors (Lipinski definition) is 4. The van der Waals surface area contributed by atoms with Gasteiger partial charge in [0.1, 0.15) is 17.7 Å². The quantitative estimate of drug-likeness (QED) is 0.865. The molecule has 3 rings (SSSR count). The second-order valence-electron chi connectivity index (χ2n) is 5.32. The Kier molecular flexibility index (Phi) is 4.43. The molecule has 1 atom stereocenters. The number of aromatic nitrogens is 2. The molecule has 1 aromatic carbocycles. The monoisotopic (exact) mass is 335 g/mol. The van der Waals surface area contributed by atoms with Crippen LogP contribution in [0.2, 0.25) is 5.02 Å². The largest absolute Gasteiger partial charge is 0.472 e. The molecule has 1 aliphatic rings. The molecule has 1 saturated heterocycles. The molecule has 1 amide bonds. The molecule has 2 heterocycles. The second kappa shape index (κ2) is 6.50. The van der Waals surface area contributed by atoms with Gasteiger partial charge in [-0.15, -0.1) is 0 Å². The first kappa shape index (κ1) is 15.7. The molecule has 0 saturated carbocycles. The van der Waals surface area contributed by atoms with Gasteiger partial charge in [0.05, 0.1) is 17.1 Å². The minimum atomic E-state index is -0.613. The summed E-state index contributed by atoms with van der Waals surface area (Å²) in [6.45, 7) is 2.63. The highest BCUT2D eigenvalue weighted by atomic mass is 35.5. The van der Waals surface area contributed by atoms with Crippen LogP contribution >= 0.6 is 11.6 Å². The number of aryl methyl sites for hydroxylation is 1. The lowest BCUT2D eigenvalue weighted by atomic mass is 10.2. The van der Waals surface area contributed by atoms with Gasteiger partial charge in [0.25, 0.3) is 5.91 Å². The number of halogens is 2. The maximum absolute atomic E-state index is 13.9. The molecule has 0 spiro atoms. The average Bonchev–Trinajstić information content (AvgIpc) is 2.95. The highest BCUT2D eigenvalue weighted by molar-refractivity contribution is 6.33. The van der Waals surface area contributed by atoms with Gasteiger partial charge in [0.2, 0.25) is 5.88 Å². The molecular weight excluding hydrogens is 321 g/mol. The van der Waals surface area contributed by atoms with E-state index in [2.05, 4.69) is 9.97 Å². The van der Waals surface area contributed by atoms with Gasteiger partial charge in [-0.2, -0.15) is 4.98 Å². The highest BCUT2D eigenvalue weighted by Gasteiger charge is 2.30. The Bertz CT molecular complexity index is 721. The van der Waals surface area contributed by atoms with Crippen LogP contribution in [-0.2, 0) is 0 Å². The third kappa shape index (κ3) is 3.42. The van der Waals surface area contributed by atoms with E-state index in [4.69, 9.17) is 16.3 Å². The molecule has 5 nitrogen and oxygen atoms in total. The van der Waals surface area contributed by atoms with E-state index in [-0.39, 0.29) is 16.7 Å². The fraction of sp³-hybridized carbons (Fsp3) is 0.312. The van der Waals surface area contributed by atoms with Crippen LogP contribution in [0.4, 0.5) is 4.39 Å². The van der Waals surface area contributed by atoms with Crippen molar-refractivity contribution in [3.63, 3.8) is 0 Å². The molecule has 120 valence electrons. The first-order chi connectivity index (χ1) is 11.0. The van der Waals surface area contributed by atoms with Crippen LogP contribution in [0, 0.1) is 12.7 Å². The summed E-state index contributed by atoms with van der Waals surface area (Å²) < 4.78 is 19.6. The van der Waals surface area contributed by atoms with Crippen LogP contribution < -0.4 is 4.74 Å². The Balaban J connectivity index is 1.69. The predicted molar refractivity (Wildman–Crippen MR) is 83.1 cm³/mol. The van der Waals surface area contributed by atoms with Crippen molar-refractivity contribution in [2.45, 2.75) is 19.4 Å². The van der Waals surface area contributed by atoms with Crippen LogP contribution in [0.15, 0.2) is 30.5 Å². The van der Waals surface area contributed by atoms with Crippen molar-refractivity contribution in [1.29, 1.82) is 0 Å². The van der Waals surface area contributed by atoms with E-state index in [1.807, 2.05) is 0 Å². The lowest BCUT2D eigenvalue weighted by molar-refractivity contribution is 0.0766. The van der Waals surface area contributed by atoms with Crippen molar-refractivity contribution in [3.8, 4) is 5.88 Å². The zero-order chi connectivity index (χ0) is 16.4. The molecule has 0 aliphatic carbocycles. The number of carbonyl (C=O) groups excluding carboxylic acids is 1. The van der Waals surface area contributed by atoms with Crippen molar-refractivity contribution in [3.05, 3.63) is 52.7 Å². The van der Waals surface area contributed by atoms with E-state index in [0.29, 0.717) is 31.2 Å². The Morgan fingerprint density at radius 3 is 3.00 bits per heavy atom. The Morgan fingerprint density at radius 1 is 1.43 bits per heavy atom. The summed E-state index contributed by atoms with van der Waals surface area (Å²) >= 11 is 5.95. The van der Waals surface area contributed by atoms with Gasteiger partial charge in [-0.25, -0.2) is 9.37 Å². The lowest BCUT2D eigenvalue weighted by Crippen LogP contribution is -2.31. The standard InChI is InChI=1S/C16H15ClFN3O2/c1-10-19-7-5-14(20-10)23-11-6-8-21(9-11)16(22)15-12(17)3-2-4-13(15)18/h2-5,7,11H,6,8-9H2,1H3. The van der Waals surface area contributed by atoms with E-state index >= 15 is 0 Å². The zero-order valence-corrected chi connectivity index (χ0v) is 13.3. The molecule has 1 aliphatic heterocycles. The van der Waals surface area contributed by atoms with Crippen LogP contribution in [0.25, 0.3) is 0 Å². The third-order valence-electron chi connectivity index (χ3n) is 3.65. The number of likely N-dealkylation sites (tertiary alicyclic amines) is 1. The fourth-order valence-electron chi connectivity index (χ4n) is 2.54. The van der Waals surface area contributed by atoms with Crippen molar-refractivity contribution in [1.82, 2.24) is 14.9 Å². The minimum Gasteiger partial charge on any atom is -0.472 e. The SMILES string of the molecule is Cc1nccc(OC2CCN(C(=O)c3c(F)cccc3Cl)C2)n1. The predicted octanol–water partition coefficient (Wildman–Crippen LogP) is 2.87. The van der Waals surface area contributed by atoms with Crippen LogP contribution in [0.5, 0.6) is 5.88 Å². The number of nitrogens with zero attached hydrogens (tertiary/aromatic N) is 3. The molecule has 0 bridgehead atoms. The zero-order valence-electron chi connectivity index (χ0n) is 12.5. The van der Waals surface area contributed by atoms with Gasteiger partial charge in [-0.3, -0.25) is 4.79 Å². The van der Waals surface area contributed by atoms with Crippen LogP contribution in [-0.4, -0.2) is 40.0 Å². The van der Waals surface area contributed by atoms with E-state index < -0.39 is 11.7 Å². The number of rotatable bonds is 3. The van der Waals surface area contributed by atoms with Gasteiger partial charge >= 0.3 is 0 Å². The summed E-state index contributed by atoms with van der Waals surface area (Å²) in [6, 6.07) is 5.88. The van der Waals surface area contributed by atoms with E-state index in [1.54, 1.807) is 24.1 Å². The molecule has 1 unspecified atom stereocenters. The normalized spacial score (nSPS) is 17.3. The number of ether oxygens (including phenoxy) is 1. The second-order valence-corrected chi connectivity index (χ2v) is 5.73. The summed E-state index contributed by atoms with van der Waals surface area (Å²) in [5.74, 6) is 0.0589. The molecule has 1 fully saturated rings. The maximum Gasteiger partial charge on any atom is 0.258 e. The lowest BCUT2D eigenvalue weighted by Gasteiger charge is -2.18. The Hall–Kier alpha value is -2.21. The Morgan fingerprint density at radius 2 is 2.26 bits per heavy atom. The molecule has 2 aromatic rings. The summed E-state index contributed by atoms with van der Waals surface area (Å²) in [6.07, 6.45) is 2.09. The number of benzene rings is 1. The van der Waals surface area contributed by atoms with Gasteiger partial charge in [-0.05, 0) is 19.1 Å². The topological polar surface area (TPSA) is 55.3 Å². The van der Waals surface area contributed by atoms with E-state index in [1.165, 1.54) is 18.2 Å². The number of hydrogen-bond donors (Lipinski definition) is 0. The van der Waals surface area contributed by atoms with Gasteiger partial charge in [-0.1, -0.05) is 17.7 Å². The highest BCUT2D eigenvalue weighted by Crippen LogP contribution is 2.24. The molecular formula is C16H15ClFN3O2. The average molecular weight is 336 g/mol. The Labute approximate surface area is 138 Å². The number of carbonyl (C=O) groups is 1. The minimum absolute atomic E-state index is 0.0901. The van der Waals surface area contributed by atoms with Crippen LogP contribution in [0.3, 0.4) is 0 Å². The van der Waals surface area contributed by atoms with Crippen molar-refractivity contribution < 1.29 is 13.9 Å². The van der Waals surface area contributed by atoms with E-state index in [9.17, 15) is 9.18 Å². The van der Waals surface area contributed by atoms with Crippen LogP contribution in [0.1, 0.15) is 22.6 Å². The summed E-state index contributed by atoms with van der Waals surface area (Å²) in [5.41, 5.74) is -0.0901. The first-order valence-electron chi connectivity index (χ1n) is 7.24. The van der Waals surface area contributed by atoms with Gasteiger partial charge in [0.15, 0.2) is 0 Å². The molecule has 7 heteroatoms. The summed E-state index contributed by atoms with van der Waals surface area (Å²) in [4.78, 5) is 22.2. The smallest absolute Gasteiger partial charge is 0.258 e. The van der Waals surface area contributed by atoms with Crippen molar-refractivity contribution in [2.75, 3.05) is 13.1 Å². The molecule has 0 radical (unpaired) electrons. The van der Waals surface area contributed by atoms with Crippen molar-refractivity contribution >= 4 is 17.5 Å². The first-order valence-corrected chi connectivity index (χ1v) is 7.62. The van der Waals surface area contributed by atoms with Gasteiger partial charge < -0.3 is 9.64 Å². The third-order valence-corrected chi connectivity index (χ3v) is 3.96. The van der Waals surface area contributed by atoms with Gasteiger partial charge in [0, 0.05) is 25.2 Å². The molecule has 0 N–H and O–H groups in total. The van der Waals surface area contributed by atoms with Crippen molar-refractivity contribution in [2.24, 2.45) is 0 Å². The maximum atomic E-state index is 13.9. The summed E-state index contributed by atoms with van der Waals surface area (Å²) in [5, 5.41) is 0.116. The van der Waals surface area contributed by atoms with E-state index in [0.717, 1.165) is 0 Å². The molecule has 1 aromatic heterocycles. The fourth-order valence-corrected chi connectivity index (χ4v) is 2.78. The number of amides is 1.